The first-order chi connectivity index (χ1) is 11.9. The molecule has 0 fully saturated rings. The van der Waals surface area contributed by atoms with E-state index >= 15 is 0 Å². The van der Waals surface area contributed by atoms with Gasteiger partial charge < -0.3 is 20.8 Å². The molecular weight excluding hydrogens is 334 g/mol. The Hall–Kier alpha value is -2.31. The molecule has 0 spiro atoms. The quantitative estimate of drug-likeness (QED) is 0.757. The summed E-state index contributed by atoms with van der Waals surface area (Å²) in [7, 11) is 0. The molecule has 1 heterocycles. The number of primary amides is 1. The molecule has 26 heavy (non-hydrogen) atoms. The summed E-state index contributed by atoms with van der Waals surface area (Å²) in [5, 5.41) is 2.46. The Bertz CT molecular complexity index is 759. The summed E-state index contributed by atoms with van der Waals surface area (Å²) in [6.07, 6.45) is 1.98. The van der Waals surface area contributed by atoms with Gasteiger partial charge in [-0.15, -0.1) is 0 Å². The number of alkyl carbamates (subject to hydrolysis) is 1. The smallest absolute Gasteiger partial charge is 0.408 e. The molecule has 2 rings (SSSR count). The van der Waals surface area contributed by atoms with E-state index in [0.29, 0.717) is 5.56 Å². The zero-order valence-electron chi connectivity index (χ0n) is 16.2. The summed E-state index contributed by atoms with van der Waals surface area (Å²) < 4.78 is 5.16. The minimum absolute atomic E-state index is 0.0254. The topological polar surface area (TPSA) is 114 Å². The van der Waals surface area contributed by atoms with Gasteiger partial charge in [-0.05, 0) is 57.1 Å². The maximum absolute atomic E-state index is 12.4. The third kappa shape index (κ3) is 5.34. The SMILES string of the molecule is CC1(C)CCc2[nH]c(=O)c(CC(NC(=O)OC(C)(C)C)C(N)=O)cc2C1. The lowest BCUT2D eigenvalue weighted by molar-refractivity contribution is -0.120. The van der Waals surface area contributed by atoms with Crippen molar-refractivity contribution in [3.8, 4) is 0 Å². The number of aryl methyl sites for hydroxylation is 1. The highest BCUT2D eigenvalue weighted by atomic mass is 16.6. The van der Waals surface area contributed by atoms with E-state index in [2.05, 4.69) is 24.1 Å². The molecule has 0 aromatic carbocycles. The fraction of sp³-hybridized carbons (Fsp3) is 0.632. The minimum atomic E-state index is -1.01. The van der Waals surface area contributed by atoms with E-state index in [1.54, 1.807) is 20.8 Å². The molecule has 1 unspecified atom stereocenters. The van der Waals surface area contributed by atoms with Gasteiger partial charge in [-0.3, -0.25) is 9.59 Å². The summed E-state index contributed by atoms with van der Waals surface area (Å²) in [6.45, 7) is 9.55. The number of nitrogens with two attached hydrogens (primary N) is 1. The molecule has 7 nitrogen and oxygen atoms in total. The van der Waals surface area contributed by atoms with E-state index in [4.69, 9.17) is 10.5 Å². The molecule has 0 radical (unpaired) electrons. The van der Waals surface area contributed by atoms with E-state index in [1.807, 2.05) is 6.07 Å². The van der Waals surface area contributed by atoms with Crippen LogP contribution in [0.15, 0.2) is 10.9 Å². The lowest BCUT2D eigenvalue weighted by Gasteiger charge is -2.31. The Labute approximate surface area is 153 Å². The molecule has 7 heteroatoms. The van der Waals surface area contributed by atoms with Crippen molar-refractivity contribution in [2.75, 3.05) is 0 Å². The van der Waals surface area contributed by atoms with Crippen LogP contribution in [0.1, 0.15) is 57.9 Å². The van der Waals surface area contributed by atoms with Crippen molar-refractivity contribution < 1.29 is 14.3 Å². The number of fused-ring (bicyclic) bond motifs is 1. The standard InChI is InChI=1S/C19H29N3O4/c1-18(2,3)26-17(25)22-14(15(20)23)9-11-8-12-10-19(4,5)7-6-13(12)21-16(11)24/h8,14H,6-7,9-10H2,1-5H3,(H2,20,23)(H,21,24)(H,22,25). The van der Waals surface area contributed by atoms with Crippen LogP contribution in [0.5, 0.6) is 0 Å². The molecule has 4 N–H and O–H groups in total. The van der Waals surface area contributed by atoms with E-state index < -0.39 is 23.6 Å². The number of nitrogens with one attached hydrogen (secondary N) is 2. The number of rotatable bonds is 4. The number of H-pyrrole nitrogens is 1. The highest BCUT2D eigenvalue weighted by Gasteiger charge is 2.28. The maximum Gasteiger partial charge on any atom is 0.408 e. The normalized spacial score (nSPS) is 17.1. The summed E-state index contributed by atoms with van der Waals surface area (Å²) in [4.78, 5) is 39.0. The minimum Gasteiger partial charge on any atom is -0.444 e. The molecule has 1 aromatic rings. The highest BCUT2D eigenvalue weighted by molar-refractivity contribution is 5.84. The largest absolute Gasteiger partial charge is 0.444 e. The number of hydrogen-bond donors (Lipinski definition) is 3. The van der Waals surface area contributed by atoms with E-state index in [0.717, 1.165) is 30.5 Å². The number of hydrogen-bond acceptors (Lipinski definition) is 4. The fourth-order valence-electron chi connectivity index (χ4n) is 3.15. The van der Waals surface area contributed by atoms with Gasteiger partial charge in [0.1, 0.15) is 11.6 Å². The van der Waals surface area contributed by atoms with Crippen LogP contribution in [0, 0.1) is 5.41 Å². The first-order valence-corrected chi connectivity index (χ1v) is 8.89. The van der Waals surface area contributed by atoms with E-state index in [9.17, 15) is 14.4 Å². The van der Waals surface area contributed by atoms with Crippen LogP contribution in [0.25, 0.3) is 0 Å². The van der Waals surface area contributed by atoms with Gasteiger partial charge >= 0.3 is 6.09 Å². The van der Waals surface area contributed by atoms with E-state index in [-0.39, 0.29) is 17.4 Å². The predicted molar refractivity (Wildman–Crippen MR) is 98.9 cm³/mol. The van der Waals surface area contributed by atoms with Crippen molar-refractivity contribution in [1.82, 2.24) is 10.3 Å². The monoisotopic (exact) mass is 363 g/mol. The van der Waals surface area contributed by atoms with Gasteiger partial charge in [0.2, 0.25) is 5.91 Å². The molecule has 0 saturated heterocycles. The number of carbonyl (C=O) groups is 2. The Morgan fingerprint density at radius 1 is 1.38 bits per heavy atom. The summed E-state index contributed by atoms with van der Waals surface area (Å²) >= 11 is 0. The summed E-state index contributed by atoms with van der Waals surface area (Å²) in [6, 6.07) is 0.822. The van der Waals surface area contributed by atoms with Crippen LogP contribution < -0.4 is 16.6 Å². The molecular formula is C19H29N3O4. The van der Waals surface area contributed by atoms with Crippen molar-refractivity contribution in [3.63, 3.8) is 0 Å². The number of pyridine rings is 1. The molecule has 0 aliphatic heterocycles. The molecule has 0 saturated carbocycles. The number of amides is 2. The Morgan fingerprint density at radius 3 is 2.62 bits per heavy atom. The van der Waals surface area contributed by atoms with Gasteiger partial charge in [-0.2, -0.15) is 0 Å². The first kappa shape index (κ1) is 20.0. The Balaban J connectivity index is 2.20. The average Bonchev–Trinajstić information content (AvgIpc) is 2.45. The van der Waals surface area contributed by atoms with Gasteiger partial charge in [0.15, 0.2) is 0 Å². The lowest BCUT2D eigenvalue weighted by Crippen LogP contribution is -2.48. The zero-order chi connectivity index (χ0) is 19.7. The van der Waals surface area contributed by atoms with Crippen molar-refractivity contribution >= 4 is 12.0 Å². The third-order valence-corrected chi connectivity index (χ3v) is 4.47. The molecule has 2 amide bonds. The molecule has 144 valence electrons. The maximum atomic E-state index is 12.4. The van der Waals surface area contributed by atoms with Gasteiger partial charge in [-0.1, -0.05) is 13.8 Å². The van der Waals surface area contributed by atoms with E-state index in [1.165, 1.54) is 0 Å². The second-order valence-corrected chi connectivity index (χ2v) is 8.77. The van der Waals surface area contributed by atoms with Crippen molar-refractivity contribution in [2.45, 2.75) is 71.9 Å². The van der Waals surface area contributed by atoms with Gasteiger partial charge in [0, 0.05) is 17.7 Å². The Morgan fingerprint density at radius 2 is 2.04 bits per heavy atom. The van der Waals surface area contributed by atoms with Crippen LogP contribution in [0.2, 0.25) is 0 Å². The van der Waals surface area contributed by atoms with Crippen LogP contribution in [-0.2, 0) is 28.8 Å². The number of carbonyl (C=O) groups excluding carboxylic acids is 2. The average molecular weight is 363 g/mol. The molecule has 1 aliphatic rings. The van der Waals surface area contributed by atoms with Crippen molar-refractivity contribution in [3.05, 3.63) is 33.2 Å². The molecule has 0 bridgehead atoms. The lowest BCUT2D eigenvalue weighted by atomic mass is 9.75. The number of aromatic amines is 1. The van der Waals surface area contributed by atoms with Gasteiger partial charge in [-0.25, -0.2) is 4.79 Å². The summed E-state index contributed by atoms with van der Waals surface area (Å²) in [5.74, 6) is -0.715. The molecule has 1 aliphatic carbocycles. The van der Waals surface area contributed by atoms with Gasteiger partial charge in [0.25, 0.3) is 5.56 Å². The number of aromatic nitrogens is 1. The second kappa shape index (κ2) is 7.13. The summed E-state index contributed by atoms with van der Waals surface area (Å²) in [5.41, 5.74) is 7.09. The van der Waals surface area contributed by atoms with Crippen LogP contribution in [0.3, 0.4) is 0 Å². The van der Waals surface area contributed by atoms with Crippen molar-refractivity contribution in [2.24, 2.45) is 11.1 Å². The van der Waals surface area contributed by atoms with Gasteiger partial charge in [0.05, 0.1) is 0 Å². The van der Waals surface area contributed by atoms with Crippen LogP contribution in [0.4, 0.5) is 4.79 Å². The van der Waals surface area contributed by atoms with Crippen LogP contribution >= 0.6 is 0 Å². The fourth-order valence-corrected chi connectivity index (χ4v) is 3.15. The second-order valence-electron chi connectivity index (χ2n) is 8.77. The molecule has 1 aromatic heterocycles. The number of ether oxygens (including phenoxy) is 1. The van der Waals surface area contributed by atoms with Crippen LogP contribution in [-0.4, -0.2) is 28.6 Å². The predicted octanol–water partition coefficient (Wildman–Crippen LogP) is 1.81. The van der Waals surface area contributed by atoms with Crippen molar-refractivity contribution in [1.29, 1.82) is 0 Å². The highest BCUT2D eigenvalue weighted by Crippen LogP contribution is 2.33. The third-order valence-electron chi connectivity index (χ3n) is 4.47. The first-order valence-electron chi connectivity index (χ1n) is 8.89. The zero-order valence-corrected chi connectivity index (χ0v) is 16.2. The Kier molecular flexibility index (Phi) is 5.49. The molecule has 1 atom stereocenters.